The molecular weight excluding hydrogens is 327 g/mol. The molecule has 20 heavy (non-hydrogen) atoms. The van der Waals surface area contributed by atoms with Crippen molar-refractivity contribution < 1.29 is 13.9 Å². The van der Waals surface area contributed by atoms with Crippen molar-refractivity contribution in [2.24, 2.45) is 0 Å². The quantitative estimate of drug-likeness (QED) is 0.862. The van der Waals surface area contributed by atoms with Crippen molar-refractivity contribution in [2.75, 3.05) is 19.1 Å². The summed E-state index contributed by atoms with van der Waals surface area (Å²) in [5, 5.41) is 0. The molecule has 0 aliphatic rings. The first kappa shape index (κ1) is 14.5. The monoisotopic (exact) mass is 338 g/mol. The summed E-state index contributed by atoms with van der Waals surface area (Å²) in [4.78, 5) is 17.9. The number of halogens is 2. The van der Waals surface area contributed by atoms with Crippen LogP contribution in [0.15, 0.2) is 41.0 Å². The van der Waals surface area contributed by atoms with Crippen molar-refractivity contribution in [3.8, 4) is 5.75 Å². The molecule has 104 valence electrons. The van der Waals surface area contributed by atoms with Crippen molar-refractivity contribution in [3.05, 3.63) is 52.4 Å². The van der Waals surface area contributed by atoms with Gasteiger partial charge >= 0.3 is 0 Å². The van der Waals surface area contributed by atoms with Gasteiger partial charge in [0.1, 0.15) is 17.4 Å². The Kier molecular flexibility index (Phi) is 4.34. The van der Waals surface area contributed by atoms with Crippen LogP contribution in [0, 0.1) is 5.82 Å². The Labute approximate surface area is 124 Å². The molecule has 1 amide bonds. The highest BCUT2D eigenvalue weighted by Crippen LogP contribution is 2.23. The van der Waals surface area contributed by atoms with Gasteiger partial charge in [0, 0.05) is 17.7 Å². The highest BCUT2D eigenvalue weighted by atomic mass is 79.9. The fourth-order valence-corrected chi connectivity index (χ4v) is 1.93. The largest absolute Gasteiger partial charge is 0.496 e. The lowest BCUT2D eigenvalue weighted by atomic mass is 10.1. The fraction of sp³-hybridized carbons (Fsp3) is 0.143. The zero-order valence-electron chi connectivity index (χ0n) is 10.9. The Morgan fingerprint density at radius 3 is 2.70 bits per heavy atom. The molecule has 6 heteroatoms. The van der Waals surface area contributed by atoms with Gasteiger partial charge in [0.05, 0.1) is 12.7 Å². The van der Waals surface area contributed by atoms with Crippen molar-refractivity contribution in [1.29, 1.82) is 0 Å². The molecule has 0 radical (unpaired) electrons. The van der Waals surface area contributed by atoms with Crippen molar-refractivity contribution in [3.63, 3.8) is 0 Å². The molecule has 1 aromatic heterocycles. The number of ether oxygens (including phenoxy) is 1. The lowest BCUT2D eigenvalue weighted by Crippen LogP contribution is -2.27. The van der Waals surface area contributed by atoms with E-state index in [1.54, 1.807) is 25.4 Å². The van der Waals surface area contributed by atoms with Crippen LogP contribution >= 0.6 is 15.9 Å². The summed E-state index contributed by atoms with van der Waals surface area (Å²) in [6, 6.07) is 7.28. The van der Waals surface area contributed by atoms with E-state index in [0.717, 1.165) is 10.5 Å². The van der Waals surface area contributed by atoms with E-state index < -0.39 is 11.7 Å². The van der Waals surface area contributed by atoms with Gasteiger partial charge in [-0.3, -0.25) is 9.69 Å². The third kappa shape index (κ3) is 2.96. The standard InChI is InChI=1S/C14H12BrFN2O2/c1-18(13-6-3-9(15)8-17-13)14(19)11-7-10(16)4-5-12(11)20-2/h3-8H,1-2H3. The molecule has 2 rings (SSSR count). The summed E-state index contributed by atoms with van der Waals surface area (Å²) >= 11 is 3.27. The van der Waals surface area contributed by atoms with Gasteiger partial charge < -0.3 is 4.74 Å². The van der Waals surface area contributed by atoms with Gasteiger partial charge in [0.15, 0.2) is 0 Å². The number of carbonyl (C=O) groups excluding carboxylic acids is 1. The molecule has 0 N–H and O–H groups in total. The van der Waals surface area contributed by atoms with Crippen LogP contribution in [0.5, 0.6) is 5.75 Å². The number of pyridine rings is 1. The van der Waals surface area contributed by atoms with Gasteiger partial charge in [-0.15, -0.1) is 0 Å². The van der Waals surface area contributed by atoms with Crippen LogP contribution in [-0.2, 0) is 0 Å². The van der Waals surface area contributed by atoms with E-state index in [1.165, 1.54) is 24.1 Å². The topological polar surface area (TPSA) is 42.4 Å². The fourth-order valence-electron chi connectivity index (χ4n) is 1.70. The van der Waals surface area contributed by atoms with Gasteiger partial charge in [-0.05, 0) is 46.3 Å². The van der Waals surface area contributed by atoms with Crippen LogP contribution in [0.2, 0.25) is 0 Å². The van der Waals surface area contributed by atoms with Crippen molar-refractivity contribution in [2.45, 2.75) is 0 Å². The van der Waals surface area contributed by atoms with Crippen LogP contribution in [-0.4, -0.2) is 25.0 Å². The van der Waals surface area contributed by atoms with Crippen molar-refractivity contribution >= 4 is 27.7 Å². The molecule has 0 aliphatic carbocycles. The second-order valence-corrected chi connectivity index (χ2v) is 4.96. The second kappa shape index (κ2) is 6.00. The first-order valence-corrected chi connectivity index (χ1v) is 6.55. The Morgan fingerprint density at radius 2 is 2.10 bits per heavy atom. The Hall–Kier alpha value is -1.95. The number of carbonyl (C=O) groups is 1. The Bertz CT molecular complexity index is 632. The molecule has 0 unspecified atom stereocenters. The zero-order valence-corrected chi connectivity index (χ0v) is 12.5. The lowest BCUT2D eigenvalue weighted by Gasteiger charge is -2.17. The highest BCUT2D eigenvalue weighted by molar-refractivity contribution is 9.10. The number of aromatic nitrogens is 1. The number of rotatable bonds is 3. The predicted molar refractivity (Wildman–Crippen MR) is 77.6 cm³/mol. The van der Waals surface area contributed by atoms with E-state index >= 15 is 0 Å². The third-order valence-corrected chi connectivity index (χ3v) is 3.22. The van der Waals surface area contributed by atoms with Gasteiger partial charge in [-0.2, -0.15) is 0 Å². The maximum atomic E-state index is 13.3. The van der Waals surface area contributed by atoms with Gasteiger partial charge in [0.25, 0.3) is 5.91 Å². The first-order valence-electron chi connectivity index (χ1n) is 5.76. The number of anilines is 1. The summed E-state index contributed by atoms with van der Waals surface area (Å²) < 4.78 is 19.2. The summed E-state index contributed by atoms with van der Waals surface area (Å²) in [5.41, 5.74) is 0.153. The van der Waals surface area contributed by atoms with E-state index in [4.69, 9.17) is 4.74 Å². The minimum Gasteiger partial charge on any atom is -0.496 e. The van der Waals surface area contributed by atoms with E-state index in [2.05, 4.69) is 20.9 Å². The summed E-state index contributed by atoms with van der Waals surface area (Å²) in [7, 11) is 3.00. The van der Waals surface area contributed by atoms with E-state index in [-0.39, 0.29) is 5.56 Å². The number of benzene rings is 1. The second-order valence-electron chi connectivity index (χ2n) is 4.04. The number of amides is 1. The maximum Gasteiger partial charge on any atom is 0.263 e. The SMILES string of the molecule is COc1ccc(F)cc1C(=O)N(C)c1ccc(Br)cn1. The smallest absolute Gasteiger partial charge is 0.263 e. The van der Waals surface area contributed by atoms with Crippen LogP contribution in [0.25, 0.3) is 0 Å². The minimum absolute atomic E-state index is 0.153. The summed E-state index contributed by atoms with van der Waals surface area (Å²) in [6.07, 6.45) is 1.59. The Balaban J connectivity index is 2.35. The van der Waals surface area contributed by atoms with Gasteiger partial charge in [-0.25, -0.2) is 9.37 Å². The Morgan fingerprint density at radius 1 is 1.35 bits per heavy atom. The molecule has 0 saturated carbocycles. The number of methoxy groups -OCH3 is 1. The van der Waals surface area contributed by atoms with E-state index in [1.807, 2.05) is 0 Å². The number of hydrogen-bond donors (Lipinski definition) is 0. The number of nitrogens with zero attached hydrogens (tertiary/aromatic N) is 2. The summed E-state index contributed by atoms with van der Waals surface area (Å²) in [5.74, 6) is -0.104. The molecule has 0 bridgehead atoms. The summed E-state index contributed by atoms with van der Waals surface area (Å²) in [6.45, 7) is 0. The zero-order chi connectivity index (χ0) is 14.7. The number of hydrogen-bond acceptors (Lipinski definition) is 3. The van der Waals surface area contributed by atoms with Gasteiger partial charge in [-0.1, -0.05) is 0 Å². The average Bonchev–Trinajstić information content (AvgIpc) is 2.46. The predicted octanol–water partition coefficient (Wildman–Crippen LogP) is 3.27. The molecule has 0 atom stereocenters. The molecule has 0 aliphatic heterocycles. The third-order valence-electron chi connectivity index (χ3n) is 2.75. The average molecular weight is 339 g/mol. The molecule has 0 fully saturated rings. The first-order chi connectivity index (χ1) is 9.52. The molecule has 2 aromatic rings. The normalized spacial score (nSPS) is 10.2. The minimum atomic E-state index is -0.494. The van der Waals surface area contributed by atoms with Crippen molar-refractivity contribution in [1.82, 2.24) is 4.98 Å². The molecule has 1 aromatic carbocycles. The van der Waals surface area contributed by atoms with E-state index in [0.29, 0.717) is 11.6 Å². The lowest BCUT2D eigenvalue weighted by molar-refractivity contribution is 0.0989. The molecule has 0 saturated heterocycles. The highest BCUT2D eigenvalue weighted by Gasteiger charge is 2.19. The molecule has 0 spiro atoms. The van der Waals surface area contributed by atoms with Crippen LogP contribution in [0.1, 0.15) is 10.4 Å². The molecule has 1 heterocycles. The van der Waals surface area contributed by atoms with E-state index in [9.17, 15) is 9.18 Å². The van der Waals surface area contributed by atoms with Gasteiger partial charge in [0.2, 0.25) is 0 Å². The van der Waals surface area contributed by atoms with Crippen LogP contribution in [0.3, 0.4) is 0 Å². The molecular formula is C14H12BrFN2O2. The maximum absolute atomic E-state index is 13.3. The molecule has 4 nitrogen and oxygen atoms in total. The van der Waals surface area contributed by atoms with Crippen LogP contribution in [0.4, 0.5) is 10.2 Å². The van der Waals surface area contributed by atoms with Crippen LogP contribution < -0.4 is 9.64 Å².